The van der Waals surface area contributed by atoms with Crippen LogP contribution in [0.1, 0.15) is 40.5 Å². The average Bonchev–Trinajstić information content (AvgIpc) is 3.19. The molecule has 2 aromatic heterocycles. The fourth-order valence-electron chi connectivity index (χ4n) is 3.93. The van der Waals surface area contributed by atoms with Gasteiger partial charge in [-0.2, -0.15) is 9.97 Å². The number of carbonyl (C=O) groups is 3. The molecule has 0 bridgehead atoms. The number of aromatic nitrogens is 4. The molecule has 3 amide bonds. The van der Waals surface area contributed by atoms with Gasteiger partial charge in [-0.1, -0.05) is 12.1 Å². The number of amides is 3. The van der Waals surface area contributed by atoms with E-state index in [2.05, 4.69) is 35.9 Å². The average molecular weight is 567 g/mol. The number of rotatable bonds is 14. The highest BCUT2D eigenvalue weighted by atomic mass is 32.2. The number of methoxy groups -OCH3 is 2. The second-order valence-electron chi connectivity index (χ2n) is 8.59. The third kappa shape index (κ3) is 7.01. The lowest BCUT2D eigenvalue weighted by atomic mass is 10.1. The van der Waals surface area contributed by atoms with Gasteiger partial charge in [0.25, 0.3) is 11.8 Å². The molecule has 0 aliphatic carbocycles. The van der Waals surface area contributed by atoms with Crippen molar-refractivity contribution in [2.75, 3.05) is 51.0 Å². The van der Waals surface area contributed by atoms with Crippen LogP contribution in [0.2, 0.25) is 0 Å². The number of hydrogen-bond acceptors (Lipinski definition) is 12. The van der Waals surface area contributed by atoms with Crippen molar-refractivity contribution in [1.82, 2.24) is 30.2 Å². The molecular formula is C26H30N8O5S. The Bertz CT molecular complexity index is 1330. The molecule has 0 unspecified atom stereocenters. The maximum Gasteiger partial charge on any atom is 0.261 e. The van der Waals surface area contributed by atoms with Crippen molar-refractivity contribution in [2.24, 2.45) is 0 Å². The summed E-state index contributed by atoms with van der Waals surface area (Å²) in [6.45, 7) is 3.70. The zero-order chi connectivity index (χ0) is 28.5. The summed E-state index contributed by atoms with van der Waals surface area (Å²) in [5, 5.41) is 9.44. The van der Waals surface area contributed by atoms with E-state index >= 15 is 0 Å². The van der Waals surface area contributed by atoms with Crippen molar-refractivity contribution in [1.29, 1.82) is 0 Å². The Kier molecular flexibility index (Phi) is 9.81. The molecule has 3 heterocycles. The SMILES string of the molecule is COc1nc(NCCNCCCCN2C(=O)c3ccccc3C2=O)nc(OC)c1Sc1nccc(NC(C)=O)n1. The highest BCUT2D eigenvalue weighted by molar-refractivity contribution is 7.99. The molecule has 210 valence electrons. The van der Waals surface area contributed by atoms with E-state index in [1.807, 2.05) is 0 Å². The largest absolute Gasteiger partial charge is 0.480 e. The maximum absolute atomic E-state index is 12.4. The first-order valence-electron chi connectivity index (χ1n) is 12.6. The highest BCUT2D eigenvalue weighted by Gasteiger charge is 2.34. The van der Waals surface area contributed by atoms with Gasteiger partial charge in [0.15, 0.2) is 5.16 Å². The first kappa shape index (κ1) is 28.7. The van der Waals surface area contributed by atoms with Gasteiger partial charge in [-0.05, 0) is 49.3 Å². The van der Waals surface area contributed by atoms with Crippen LogP contribution < -0.4 is 25.4 Å². The molecule has 3 aromatic rings. The van der Waals surface area contributed by atoms with Gasteiger partial charge in [0.2, 0.25) is 23.6 Å². The van der Waals surface area contributed by atoms with E-state index in [-0.39, 0.29) is 29.5 Å². The summed E-state index contributed by atoms with van der Waals surface area (Å²) in [4.78, 5) is 55.4. The Hall–Kier alpha value is -4.30. The van der Waals surface area contributed by atoms with Crippen LogP contribution in [0.5, 0.6) is 11.8 Å². The number of benzene rings is 1. The molecule has 13 nitrogen and oxygen atoms in total. The van der Waals surface area contributed by atoms with Crippen LogP contribution in [0.25, 0.3) is 0 Å². The highest BCUT2D eigenvalue weighted by Crippen LogP contribution is 2.39. The molecule has 0 spiro atoms. The van der Waals surface area contributed by atoms with Crippen molar-refractivity contribution in [2.45, 2.75) is 29.8 Å². The number of hydrogen-bond donors (Lipinski definition) is 3. The van der Waals surface area contributed by atoms with E-state index in [0.717, 1.165) is 24.7 Å². The predicted octanol–water partition coefficient (Wildman–Crippen LogP) is 2.47. The van der Waals surface area contributed by atoms with E-state index < -0.39 is 0 Å². The number of nitrogens with zero attached hydrogens (tertiary/aromatic N) is 5. The Morgan fingerprint density at radius 3 is 2.23 bits per heavy atom. The van der Waals surface area contributed by atoms with Crippen LogP contribution in [-0.4, -0.2) is 83.0 Å². The second-order valence-corrected chi connectivity index (χ2v) is 9.57. The molecule has 1 aliphatic rings. The number of ether oxygens (including phenoxy) is 2. The molecule has 0 saturated carbocycles. The molecule has 14 heteroatoms. The summed E-state index contributed by atoms with van der Waals surface area (Å²) >= 11 is 1.15. The summed E-state index contributed by atoms with van der Waals surface area (Å²) in [7, 11) is 2.99. The third-order valence-corrected chi connectivity index (χ3v) is 6.70. The molecule has 4 rings (SSSR count). The topological polar surface area (TPSA) is 161 Å². The normalized spacial score (nSPS) is 12.3. The number of carbonyl (C=O) groups excluding carboxylic acids is 3. The fraction of sp³-hybridized carbons (Fsp3) is 0.346. The summed E-state index contributed by atoms with van der Waals surface area (Å²) in [5.41, 5.74) is 0.951. The van der Waals surface area contributed by atoms with Gasteiger partial charge in [0.1, 0.15) is 10.7 Å². The van der Waals surface area contributed by atoms with Crippen LogP contribution in [0.4, 0.5) is 11.8 Å². The number of unbranched alkanes of at least 4 members (excludes halogenated alkanes) is 1. The maximum atomic E-state index is 12.4. The summed E-state index contributed by atoms with van der Waals surface area (Å²) in [6, 6.07) is 8.50. The predicted molar refractivity (Wildman–Crippen MR) is 148 cm³/mol. The van der Waals surface area contributed by atoms with Gasteiger partial charge in [-0.15, -0.1) is 0 Å². The van der Waals surface area contributed by atoms with E-state index in [1.54, 1.807) is 30.3 Å². The van der Waals surface area contributed by atoms with Crippen molar-refractivity contribution < 1.29 is 23.9 Å². The second kappa shape index (κ2) is 13.7. The lowest BCUT2D eigenvalue weighted by molar-refractivity contribution is -0.114. The molecule has 0 radical (unpaired) electrons. The van der Waals surface area contributed by atoms with Crippen LogP contribution in [0.15, 0.2) is 46.6 Å². The van der Waals surface area contributed by atoms with E-state index in [1.165, 1.54) is 32.2 Å². The first-order chi connectivity index (χ1) is 19.4. The molecule has 0 atom stereocenters. The summed E-state index contributed by atoms with van der Waals surface area (Å²) in [5.74, 6) is 0.595. The van der Waals surface area contributed by atoms with Crippen molar-refractivity contribution >= 4 is 41.2 Å². The zero-order valence-corrected chi connectivity index (χ0v) is 23.2. The lowest BCUT2D eigenvalue weighted by Gasteiger charge is -2.14. The minimum Gasteiger partial charge on any atom is -0.480 e. The van der Waals surface area contributed by atoms with Gasteiger partial charge in [0.05, 0.1) is 25.3 Å². The minimum absolute atomic E-state index is 0.223. The smallest absolute Gasteiger partial charge is 0.261 e. The Morgan fingerprint density at radius 1 is 0.925 bits per heavy atom. The molecule has 40 heavy (non-hydrogen) atoms. The number of nitrogens with one attached hydrogen (secondary N) is 3. The lowest BCUT2D eigenvalue weighted by Crippen LogP contribution is -2.31. The van der Waals surface area contributed by atoms with Crippen molar-refractivity contribution in [3.63, 3.8) is 0 Å². The molecule has 1 aromatic carbocycles. The molecule has 0 fully saturated rings. The third-order valence-electron chi connectivity index (χ3n) is 5.77. The number of anilines is 2. The van der Waals surface area contributed by atoms with Crippen LogP contribution in [0, 0.1) is 0 Å². The Balaban J connectivity index is 1.22. The molecule has 1 aliphatic heterocycles. The number of fused-ring (bicyclic) bond motifs is 1. The molecule has 0 saturated heterocycles. The van der Waals surface area contributed by atoms with Crippen LogP contribution in [0.3, 0.4) is 0 Å². The van der Waals surface area contributed by atoms with E-state index in [4.69, 9.17) is 9.47 Å². The van der Waals surface area contributed by atoms with Gasteiger partial charge < -0.3 is 25.4 Å². The van der Waals surface area contributed by atoms with Crippen LogP contribution >= 0.6 is 11.8 Å². The van der Waals surface area contributed by atoms with E-state index in [0.29, 0.717) is 59.0 Å². The summed E-state index contributed by atoms with van der Waals surface area (Å²) in [6.07, 6.45) is 3.05. The monoisotopic (exact) mass is 566 g/mol. The Labute approximate surface area is 235 Å². The number of imide groups is 1. The quantitative estimate of drug-likeness (QED) is 0.149. The molecule has 3 N–H and O–H groups in total. The van der Waals surface area contributed by atoms with Gasteiger partial charge in [-0.3, -0.25) is 19.3 Å². The van der Waals surface area contributed by atoms with Crippen molar-refractivity contribution in [3.8, 4) is 11.8 Å². The fourth-order valence-corrected chi connectivity index (χ4v) is 4.81. The first-order valence-corrected chi connectivity index (χ1v) is 13.4. The Morgan fingerprint density at radius 2 is 1.60 bits per heavy atom. The zero-order valence-electron chi connectivity index (χ0n) is 22.4. The standard InChI is InChI=1S/C26H30N8O5S/c1-16(35)30-19-10-12-29-26(31-19)40-20-21(38-2)32-25(33-22(20)39-3)28-14-13-27-11-6-7-15-34-23(36)17-8-4-5-9-18(17)24(34)37/h4-5,8-10,12,27H,6-7,11,13-15H2,1-3H3,(H,28,32,33)(H,29,30,31,35). The van der Waals surface area contributed by atoms with Crippen LogP contribution in [-0.2, 0) is 4.79 Å². The van der Waals surface area contributed by atoms with Gasteiger partial charge in [-0.25, -0.2) is 9.97 Å². The minimum atomic E-state index is -0.237. The van der Waals surface area contributed by atoms with Gasteiger partial charge in [0, 0.05) is 32.8 Å². The van der Waals surface area contributed by atoms with Crippen molar-refractivity contribution in [3.05, 3.63) is 47.7 Å². The van der Waals surface area contributed by atoms with Gasteiger partial charge >= 0.3 is 0 Å². The molecular weight excluding hydrogens is 536 g/mol. The summed E-state index contributed by atoms with van der Waals surface area (Å²) < 4.78 is 10.9. The van der Waals surface area contributed by atoms with E-state index in [9.17, 15) is 14.4 Å².